The predicted octanol–water partition coefficient (Wildman–Crippen LogP) is 4.03. The molecule has 0 saturated carbocycles. The van der Waals surface area contributed by atoms with Crippen molar-refractivity contribution in [1.29, 1.82) is 0 Å². The van der Waals surface area contributed by atoms with E-state index < -0.39 is 0 Å². The van der Waals surface area contributed by atoms with E-state index in [1.54, 1.807) is 11.8 Å². The quantitative estimate of drug-likeness (QED) is 0.864. The highest BCUT2D eigenvalue weighted by atomic mass is 32.2. The average molecular weight is 364 g/mol. The zero-order valence-electron chi connectivity index (χ0n) is 14.7. The van der Waals surface area contributed by atoms with E-state index in [9.17, 15) is 4.79 Å². The summed E-state index contributed by atoms with van der Waals surface area (Å²) in [6, 6.07) is 14.2. The molecule has 2 aliphatic heterocycles. The second kappa shape index (κ2) is 6.96. The van der Waals surface area contributed by atoms with Crippen molar-refractivity contribution in [2.45, 2.75) is 26.2 Å². The molecule has 0 bridgehead atoms. The number of benzene rings is 2. The molecular formula is C20H20N4OS. The van der Waals surface area contributed by atoms with Gasteiger partial charge in [-0.3, -0.25) is 10.2 Å². The number of carbonyl (C=O) groups excluding carboxylic acids is 1. The molecule has 0 spiro atoms. The standard InChI is InChI=1S/C20H20N4OS/c1-3-13-6-4-5-7-16(13)22-20-24-23-18(11-26-20)14-8-9-17-15(10-14)12(2)19(25)21-17/h4-10,12H,3,11H2,1-2H3,(H,21,25)(H,22,24). The van der Waals surface area contributed by atoms with Crippen LogP contribution in [0.2, 0.25) is 0 Å². The van der Waals surface area contributed by atoms with E-state index in [0.717, 1.165) is 45.6 Å². The maximum absolute atomic E-state index is 11.8. The summed E-state index contributed by atoms with van der Waals surface area (Å²) in [5, 5.41) is 8.22. The molecule has 132 valence electrons. The predicted molar refractivity (Wildman–Crippen MR) is 109 cm³/mol. The Morgan fingerprint density at radius 1 is 1.27 bits per heavy atom. The van der Waals surface area contributed by atoms with Crippen LogP contribution in [0.5, 0.6) is 0 Å². The molecule has 6 heteroatoms. The lowest BCUT2D eigenvalue weighted by Gasteiger charge is -2.16. The van der Waals surface area contributed by atoms with Crippen LogP contribution in [0.15, 0.2) is 52.6 Å². The van der Waals surface area contributed by atoms with Crippen LogP contribution in [-0.4, -0.2) is 22.5 Å². The molecule has 0 aliphatic carbocycles. The van der Waals surface area contributed by atoms with Gasteiger partial charge < -0.3 is 5.32 Å². The number of thioether (sulfide) groups is 1. The van der Waals surface area contributed by atoms with Crippen molar-refractivity contribution >= 4 is 39.9 Å². The number of hydrogen-bond donors (Lipinski definition) is 2. The third-order valence-electron chi connectivity index (χ3n) is 4.73. The molecule has 2 heterocycles. The smallest absolute Gasteiger partial charge is 0.231 e. The van der Waals surface area contributed by atoms with Crippen molar-refractivity contribution in [3.63, 3.8) is 0 Å². The molecule has 2 N–H and O–H groups in total. The van der Waals surface area contributed by atoms with Crippen molar-refractivity contribution in [3.8, 4) is 0 Å². The minimum absolute atomic E-state index is 0.0549. The number of fused-ring (bicyclic) bond motifs is 1. The Balaban J connectivity index is 1.55. The minimum Gasteiger partial charge on any atom is -0.325 e. The van der Waals surface area contributed by atoms with Gasteiger partial charge in [-0.2, -0.15) is 5.10 Å². The van der Waals surface area contributed by atoms with E-state index in [-0.39, 0.29) is 11.8 Å². The Labute approximate surface area is 157 Å². The molecule has 26 heavy (non-hydrogen) atoms. The molecule has 0 saturated heterocycles. The van der Waals surface area contributed by atoms with Crippen molar-refractivity contribution in [2.24, 2.45) is 10.1 Å². The van der Waals surface area contributed by atoms with Crippen LogP contribution in [0.1, 0.15) is 36.5 Å². The molecule has 2 aromatic carbocycles. The molecule has 2 aliphatic rings. The topological polar surface area (TPSA) is 65.8 Å². The fraction of sp³-hybridized carbons (Fsp3) is 0.250. The van der Waals surface area contributed by atoms with Crippen LogP contribution in [-0.2, 0) is 11.2 Å². The molecule has 0 aromatic heterocycles. The highest BCUT2D eigenvalue weighted by Gasteiger charge is 2.27. The second-order valence-corrected chi connectivity index (χ2v) is 7.34. The first-order valence-corrected chi connectivity index (χ1v) is 9.71. The number of rotatable bonds is 3. The summed E-state index contributed by atoms with van der Waals surface area (Å²) in [4.78, 5) is 16.5. The van der Waals surface area contributed by atoms with Crippen molar-refractivity contribution < 1.29 is 4.79 Å². The molecule has 0 radical (unpaired) electrons. The zero-order chi connectivity index (χ0) is 18.1. The lowest BCUT2D eigenvalue weighted by molar-refractivity contribution is -0.116. The SMILES string of the molecule is CCc1ccccc1N=C1NN=C(c2ccc3c(c2)C(C)C(=O)N3)CS1. The van der Waals surface area contributed by atoms with E-state index in [1.807, 2.05) is 37.3 Å². The Morgan fingerprint density at radius 3 is 2.88 bits per heavy atom. The van der Waals surface area contributed by atoms with Gasteiger partial charge >= 0.3 is 0 Å². The van der Waals surface area contributed by atoms with Gasteiger partial charge in [-0.05, 0) is 48.2 Å². The summed E-state index contributed by atoms with van der Waals surface area (Å²) >= 11 is 1.64. The number of hydrogen-bond acceptors (Lipinski definition) is 4. The summed E-state index contributed by atoms with van der Waals surface area (Å²) < 4.78 is 0. The fourth-order valence-electron chi connectivity index (χ4n) is 3.15. The van der Waals surface area contributed by atoms with Gasteiger partial charge in [-0.1, -0.05) is 43.0 Å². The van der Waals surface area contributed by atoms with Crippen molar-refractivity contribution in [3.05, 3.63) is 59.2 Å². The van der Waals surface area contributed by atoms with Gasteiger partial charge in [0.15, 0.2) is 5.17 Å². The van der Waals surface area contributed by atoms with E-state index in [4.69, 9.17) is 4.99 Å². The first-order valence-electron chi connectivity index (χ1n) is 8.73. The molecule has 1 unspecified atom stereocenters. The number of anilines is 1. The Morgan fingerprint density at radius 2 is 2.12 bits per heavy atom. The monoisotopic (exact) mass is 364 g/mol. The lowest BCUT2D eigenvalue weighted by Crippen LogP contribution is -2.25. The van der Waals surface area contributed by atoms with Gasteiger partial charge in [0, 0.05) is 11.4 Å². The largest absolute Gasteiger partial charge is 0.325 e. The third-order valence-corrected chi connectivity index (χ3v) is 5.60. The van der Waals surface area contributed by atoms with E-state index in [2.05, 4.69) is 34.9 Å². The minimum atomic E-state index is -0.113. The van der Waals surface area contributed by atoms with Crippen LogP contribution in [0, 0.1) is 0 Å². The van der Waals surface area contributed by atoms with Crippen LogP contribution < -0.4 is 10.7 Å². The van der Waals surface area contributed by atoms with Gasteiger partial charge in [0.25, 0.3) is 0 Å². The van der Waals surface area contributed by atoms with Gasteiger partial charge in [0.2, 0.25) is 5.91 Å². The van der Waals surface area contributed by atoms with Crippen LogP contribution in [0.3, 0.4) is 0 Å². The van der Waals surface area contributed by atoms with Crippen molar-refractivity contribution in [2.75, 3.05) is 11.1 Å². The first kappa shape index (κ1) is 16.8. The average Bonchev–Trinajstić information content (AvgIpc) is 2.96. The summed E-state index contributed by atoms with van der Waals surface area (Å²) in [6.45, 7) is 4.06. The zero-order valence-corrected chi connectivity index (χ0v) is 15.6. The van der Waals surface area contributed by atoms with Gasteiger partial charge in [-0.25, -0.2) is 4.99 Å². The Kier molecular flexibility index (Phi) is 4.51. The van der Waals surface area contributed by atoms with E-state index >= 15 is 0 Å². The summed E-state index contributed by atoms with van der Waals surface area (Å²) in [6.07, 6.45) is 0.951. The third kappa shape index (κ3) is 3.12. The maximum atomic E-state index is 11.8. The number of aliphatic imine (C=N–C) groups is 1. The Hall–Kier alpha value is -2.60. The van der Waals surface area contributed by atoms with Crippen molar-refractivity contribution in [1.82, 2.24) is 5.43 Å². The molecular weight excluding hydrogens is 344 g/mol. The number of amidine groups is 1. The van der Waals surface area contributed by atoms with E-state index in [0.29, 0.717) is 0 Å². The number of amides is 1. The molecule has 1 amide bonds. The number of nitrogens with one attached hydrogen (secondary N) is 2. The highest BCUT2D eigenvalue weighted by Crippen LogP contribution is 2.33. The first-order chi connectivity index (χ1) is 12.7. The molecule has 4 rings (SSSR count). The number of para-hydroxylation sites is 1. The fourth-order valence-corrected chi connectivity index (χ4v) is 3.92. The molecule has 1 atom stereocenters. The highest BCUT2D eigenvalue weighted by molar-refractivity contribution is 8.14. The number of hydrazone groups is 1. The number of aryl methyl sites for hydroxylation is 1. The molecule has 5 nitrogen and oxygen atoms in total. The molecule has 2 aromatic rings. The summed E-state index contributed by atoms with van der Waals surface area (Å²) in [5.74, 6) is 0.686. The van der Waals surface area contributed by atoms with Crippen LogP contribution in [0.25, 0.3) is 0 Å². The van der Waals surface area contributed by atoms with Crippen LogP contribution in [0.4, 0.5) is 11.4 Å². The van der Waals surface area contributed by atoms with E-state index in [1.165, 1.54) is 5.56 Å². The molecule has 0 fully saturated rings. The van der Waals surface area contributed by atoms with Gasteiger partial charge in [0.05, 0.1) is 17.3 Å². The van der Waals surface area contributed by atoms with Gasteiger partial charge in [0.1, 0.15) is 0 Å². The van der Waals surface area contributed by atoms with Crippen LogP contribution >= 0.6 is 11.8 Å². The number of nitrogens with zero attached hydrogens (tertiary/aromatic N) is 2. The summed E-state index contributed by atoms with van der Waals surface area (Å²) in [7, 11) is 0. The number of carbonyl (C=O) groups is 1. The normalized spacial score (nSPS) is 20.4. The van der Waals surface area contributed by atoms with Gasteiger partial charge in [-0.15, -0.1) is 0 Å². The Bertz CT molecular complexity index is 935. The lowest BCUT2D eigenvalue weighted by atomic mass is 9.99. The second-order valence-electron chi connectivity index (χ2n) is 6.37. The maximum Gasteiger partial charge on any atom is 0.231 e. The summed E-state index contributed by atoms with van der Waals surface area (Å²) in [5.41, 5.74) is 9.23.